The first-order valence-corrected chi connectivity index (χ1v) is 3.83. The molecular weight excluding hydrogens is 144 g/mol. The molecule has 0 aliphatic carbocycles. The number of unbranched alkanes of at least 4 members (excludes halogenated alkanes) is 1. The van der Waals surface area contributed by atoms with Crippen molar-refractivity contribution in [3.63, 3.8) is 0 Å². The van der Waals surface area contributed by atoms with Crippen molar-refractivity contribution in [3.05, 3.63) is 11.8 Å². The van der Waals surface area contributed by atoms with Gasteiger partial charge in [0.1, 0.15) is 0 Å². The fraction of sp³-hybridized carbons (Fsp3) is 0.571. The Bertz CT molecular complexity index is 141. The Hall–Kier alpha value is -0.570. The van der Waals surface area contributed by atoms with Crippen LogP contribution in [0.4, 0.5) is 0 Å². The number of thiocarbonyl (C=S) groups is 1. The fourth-order valence-electron chi connectivity index (χ4n) is 0.636. The average molecular weight is 158 g/mol. The molecule has 0 heterocycles. The van der Waals surface area contributed by atoms with E-state index in [-0.39, 0.29) is 0 Å². The number of nitrogens with two attached hydrogens (primary N) is 2. The number of hydrogen-bond donors (Lipinski definition) is 2. The standard InChI is InChI=1S/C7H14N2S/c1-2-3-4-6(8)5-7(9)10/h5H,2-4,8H2,1H3,(H2,9,10)/b6-5-. The lowest BCUT2D eigenvalue weighted by molar-refractivity contribution is 0.782. The molecule has 0 aliphatic rings. The highest BCUT2D eigenvalue weighted by atomic mass is 32.1. The van der Waals surface area contributed by atoms with Gasteiger partial charge < -0.3 is 11.5 Å². The molecule has 4 N–H and O–H groups in total. The first-order chi connectivity index (χ1) is 4.66. The van der Waals surface area contributed by atoms with Gasteiger partial charge in [0, 0.05) is 5.70 Å². The van der Waals surface area contributed by atoms with Crippen molar-refractivity contribution >= 4 is 17.2 Å². The molecule has 0 spiro atoms. The molecule has 0 amide bonds. The van der Waals surface area contributed by atoms with Crippen molar-refractivity contribution in [3.8, 4) is 0 Å². The molecule has 10 heavy (non-hydrogen) atoms. The van der Waals surface area contributed by atoms with Gasteiger partial charge in [-0.3, -0.25) is 0 Å². The van der Waals surface area contributed by atoms with E-state index in [2.05, 4.69) is 19.1 Å². The van der Waals surface area contributed by atoms with E-state index in [1.807, 2.05) is 0 Å². The summed E-state index contributed by atoms with van der Waals surface area (Å²) in [7, 11) is 0. The third-order valence-electron chi connectivity index (χ3n) is 1.15. The highest BCUT2D eigenvalue weighted by Crippen LogP contribution is 2.00. The maximum Gasteiger partial charge on any atom is 0.0979 e. The molecule has 0 aromatic rings. The van der Waals surface area contributed by atoms with Crippen LogP contribution in [-0.4, -0.2) is 4.99 Å². The SMILES string of the molecule is CCCC/C(N)=C/C(N)=S. The van der Waals surface area contributed by atoms with E-state index in [9.17, 15) is 0 Å². The van der Waals surface area contributed by atoms with Crippen LogP contribution in [0.25, 0.3) is 0 Å². The summed E-state index contributed by atoms with van der Waals surface area (Å²) in [6, 6.07) is 0. The molecule has 0 saturated carbocycles. The van der Waals surface area contributed by atoms with E-state index in [0.717, 1.165) is 25.0 Å². The summed E-state index contributed by atoms with van der Waals surface area (Å²) in [5, 5.41) is 0. The minimum Gasteiger partial charge on any atom is -0.402 e. The molecule has 0 atom stereocenters. The molecule has 0 rings (SSSR count). The van der Waals surface area contributed by atoms with Crippen molar-refractivity contribution in [1.29, 1.82) is 0 Å². The summed E-state index contributed by atoms with van der Waals surface area (Å²) in [6.45, 7) is 2.12. The predicted molar refractivity (Wildman–Crippen MR) is 48.6 cm³/mol. The van der Waals surface area contributed by atoms with E-state index in [1.54, 1.807) is 6.08 Å². The second-order valence-corrected chi connectivity index (χ2v) is 2.70. The summed E-state index contributed by atoms with van der Waals surface area (Å²) in [5.41, 5.74) is 11.6. The Morgan fingerprint density at radius 3 is 2.50 bits per heavy atom. The van der Waals surface area contributed by atoms with Crippen molar-refractivity contribution in [2.45, 2.75) is 26.2 Å². The molecule has 0 saturated heterocycles. The molecule has 3 heteroatoms. The normalized spacial score (nSPS) is 11.5. The minimum absolute atomic E-state index is 0.369. The number of hydrogen-bond acceptors (Lipinski definition) is 2. The zero-order chi connectivity index (χ0) is 7.98. The van der Waals surface area contributed by atoms with Gasteiger partial charge in [-0.15, -0.1) is 0 Å². The topological polar surface area (TPSA) is 52.0 Å². The summed E-state index contributed by atoms with van der Waals surface area (Å²) >= 11 is 4.64. The smallest absolute Gasteiger partial charge is 0.0979 e. The molecule has 58 valence electrons. The van der Waals surface area contributed by atoms with Crippen LogP contribution >= 0.6 is 12.2 Å². The van der Waals surface area contributed by atoms with Gasteiger partial charge in [0.05, 0.1) is 4.99 Å². The van der Waals surface area contributed by atoms with Crippen LogP contribution < -0.4 is 11.5 Å². The van der Waals surface area contributed by atoms with Gasteiger partial charge in [0.25, 0.3) is 0 Å². The second kappa shape index (κ2) is 5.23. The zero-order valence-corrected chi connectivity index (χ0v) is 7.08. The van der Waals surface area contributed by atoms with Gasteiger partial charge in [-0.25, -0.2) is 0 Å². The maximum atomic E-state index is 5.55. The Morgan fingerprint density at radius 1 is 1.50 bits per heavy atom. The molecule has 2 nitrogen and oxygen atoms in total. The van der Waals surface area contributed by atoms with Gasteiger partial charge >= 0.3 is 0 Å². The predicted octanol–water partition coefficient (Wildman–Crippen LogP) is 1.31. The molecule has 0 bridgehead atoms. The third kappa shape index (κ3) is 5.56. The molecule has 0 aromatic carbocycles. The molecule has 0 aromatic heterocycles. The van der Waals surface area contributed by atoms with E-state index < -0.39 is 0 Å². The van der Waals surface area contributed by atoms with Gasteiger partial charge in [0.15, 0.2) is 0 Å². The highest BCUT2D eigenvalue weighted by Gasteiger charge is 1.89. The lowest BCUT2D eigenvalue weighted by Crippen LogP contribution is -2.08. The van der Waals surface area contributed by atoms with Crippen LogP contribution in [0.3, 0.4) is 0 Å². The molecular formula is C7H14N2S. The largest absolute Gasteiger partial charge is 0.402 e. The van der Waals surface area contributed by atoms with E-state index in [4.69, 9.17) is 11.5 Å². The van der Waals surface area contributed by atoms with Crippen LogP contribution in [0, 0.1) is 0 Å². The molecule has 0 fully saturated rings. The van der Waals surface area contributed by atoms with Gasteiger partial charge in [-0.2, -0.15) is 0 Å². The highest BCUT2D eigenvalue weighted by molar-refractivity contribution is 7.80. The summed E-state index contributed by atoms with van der Waals surface area (Å²) < 4.78 is 0. The van der Waals surface area contributed by atoms with Crippen molar-refractivity contribution in [2.75, 3.05) is 0 Å². The van der Waals surface area contributed by atoms with Gasteiger partial charge in [-0.05, 0) is 18.9 Å². The lowest BCUT2D eigenvalue weighted by Gasteiger charge is -1.97. The minimum atomic E-state index is 0.369. The number of rotatable bonds is 4. The van der Waals surface area contributed by atoms with Gasteiger partial charge in [0.2, 0.25) is 0 Å². The summed E-state index contributed by atoms with van der Waals surface area (Å²) in [6.07, 6.45) is 4.79. The van der Waals surface area contributed by atoms with Crippen LogP contribution in [0.5, 0.6) is 0 Å². The first kappa shape index (κ1) is 9.43. The number of allylic oxidation sites excluding steroid dienone is 1. The van der Waals surface area contributed by atoms with Crippen molar-refractivity contribution in [2.24, 2.45) is 11.5 Å². The van der Waals surface area contributed by atoms with Crippen molar-refractivity contribution in [1.82, 2.24) is 0 Å². The monoisotopic (exact) mass is 158 g/mol. The lowest BCUT2D eigenvalue weighted by atomic mass is 10.2. The Labute approximate surface area is 67.3 Å². The molecule has 0 radical (unpaired) electrons. The van der Waals surface area contributed by atoms with E-state index in [0.29, 0.717) is 4.99 Å². The van der Waals surface area contributed by atoms with Crippen LogP contribution in [0.1, 0.15) is 26.2 Å². The second-order valence-electron chi connectivity index (χ2n) is 2.23. The third-order valence-corrected chi connectivity index (χ3v) is 1.26. The summed E-state index contributed by atoms with van der Waals surface area (Å²) in [4.78, 5) is 0.369. The van der Waals surface area contributed by atoms with Crippen LogP contribution in [-0.2, 0) is 0 Å². The average Bonchev–Trinajstić information content (AvgIpc) is 1.82. The van der Waals surface area contributed by atoms with Gasteiger partial charge in [-0.1, -0.05) is 25.6 Å². The zero-order valence-electron chi connectivity index (χ0n) is 6.26. The molecule has 0 aliphatic heterocycles. The van der Waals surface area contributed by atoms with Crippen molar-refractivity contribution < 1.29 is 0 Å². The van der Waals surface area contributed by atoms with Crippen LogP contribution in [0.2, 0.25) is 0 Å². The Kier molecular flexibility index (Phi) is 4.94. The Balaban J connectivity index is 3.60. The fourth-order valence-corrected chi connectivity index (χ4v) is 0.787. The van der Waals surface area contributed by atoms with E-state index in [1.165, 1.54) is 0 Å². The summed E-state index contributed by atoms with van der Waals surface area (Å²) in [5.74, 6) is 0. The maximum absolute atomic E-state index is 5.55. The van der Waals surface area contributed by atoms with Crippen LogP contribution in [0.15, 0.2) is 11.8 Å². The quantitative estimate of drug-likeness (QED) is 0.479. The first-order valence-electron chi connectivity index (χ1n) is 3.42. The molecule has 0 unspecified atom stereocenters. The van der Waals surface area contributed by atoms with E-state index >= 15 is 0 Å². The Morgan fingerprint density at radius 2 is 2.10 bits per heavy atom.